The zero-order chi connectivity index (χ0) is 15.4. The van der Waals surface area contributed by atoms with Gasteiger partial charge in [0.05, 0.1) is 0 Å². The van der Waals surface area contributed by atoms with E-state index >= 15 is 0 Å². The molecule has 106 valence electrons. The summed E-state index contributed by atoms with van der Waals surface area (Å²) in [6.45, 7) is 2.01. The Bertz CT molecular complexity index is 842. The molecule has 0 atom stereocenters. The first kappa shape index (κ1) is 13.7. The Labute approximate surface area is 127 Å². The molecule has 0 radical (unpaired) electrons. The Hall–Kier alpha value is -3.26. The van der Waals surface area contributed by atoms with Crippen molar-refractivity contribution in [3.8, 4) is 17.5 Å². The van der Waals surface area contributed by atoms with E-state index in [1.165, 1.54) is 0 Å². The fourth-order valence-corrected chi connectivity index (χ4v) is 1.92. The minimum Gasteiger partial charge on any atom is -0.333 e. The van der Waals surface area contributed by atoms with Gasteiger partial charge >= 0.3 is 0 Å². The molecule has 0 spiro atoms. The molecule has 3 rings (SSSR count). The Morgan fingerprint density at radius 1 is 1.14 bits per heavy atom. The topological polar surface area (TPSA) is 75.6 Å². The maximum Gasteiger partial charge on any atom is 0.268 e. The summed E-state index contributed by atoms with van der Waals surface area (Å²) in [6.07, 6.45) is 5.01. The summed E-state index contributed by atoms with van der Waals surface area (Å²) in [4.78, 5) is 8.23. The van der Waals surface area contributed by atoms with Crippen molar-refractivity contribution in [3.63, 3.8) is 0 Å². The lowest BCUT2D eigenvalue weighted by molar-refractivity contribution is 0.409. The molecule has 0 saturated carbocycles. The van der Waals surface area contributed by atoms with Gasteiger partial charge in [-0.2, -0.15) is 10.2 Å². The molecule has 0 aliphatic rings. The molecule has 0 saturated heterocycles. The molecule has 2 aromatic heterocycles. The van der Waals surface area contributed by atoms with Crippen LogP contribution in [0.3, 0.4) is 0 Å². The number of hydrogen-bond acceptors (Lipinski definition) is 5. The van der Waals surface area contributed by atoms with E-state index in [4.69, 9.17) is 4.52 Å². The van der Waals surface area contributed by atoms with Gasteiger partial charge in [0.25, 0.3) is 5.89 Å². The Morgan fingerprint density at radius 3 is 2.55 bits per heavy atom. The molecule has 0 amide bonds. The van der Waals surface area contributed by atoms with Crippen LogP contribution < -0.4 is 0 Å². The average Bonchev–Trinajstić information content (AvgIpc) is 3.04. The van der Waals surface area contributed by atoms with Crippen LogP contribution in [0.25, 0.3) is 23.0 Å². The van der Waals surface area contributed by atoms with E-state index in [1.807, 2.05) is 31.2 Å². The largest absolute Gasteiger partial charge is 0.333 e. The number of aromatic nitrogens is 3. The third-order valence-corrected chi connectivity index (χ3v) is 3.10. The van der Waals surface area contributed by atoms with Gasteiger partial charge in [-0.3, -0.25) is 4.98 Å². The van der Waals surface area contributed by atoms with Crippen molar-refractivity contribution in [2.24, 2.45) is 0 Å². The molecule has 2 heterocycles. The number of benzene rings is 1. The molecule has 5 nitrogen and oxygen atoms in total. The van der Waals surface area contributed by atoms with E-state index in [1.54, 1.807) is 30.6 Å². The van der Waals surface area contributed by atoms with E-state index in [0.717, 1.165) is 16.7 Å². The van der Waals surface area contributed by atoms with Gasteiger partial charge < -0.3 is 4.52 Å². The van der Waals surface area contributed by atoms with E-state index in [-0.39, 0.29) is 5.89 Å². The van der Waals surface area contributed by atoms with E-state index in [2.05, 4.69) is 21.2 Å². The second-order valence-corrected chi connectivity index (χ2v) is 4.74. The third kappa shape index (κ3) is 2.91. The number of allylic oxidation sites excluding steroid dienone is 1. The molecular weight excluding hydrogens is 276 g/mol. The van der Waals surface area contributed by atoms with Crippen LogP contribution in [0.2, 0.25) is 0 Å². The van der Waals surface area contributed by atoms with Gasteiger partial charge in [-0.25, -0.2) is 0 Å². The van der Waals surface area contributed by atoms with Crippen LogP contribution in [0.1, 0.15) is 17.0 Å². The van der Waals surface area contributed by atoms with Crippen LogP contribution in [0.5, 0.6) is 0 Å². The number of pyridine rings is 1. The zero-order valence-corrected chi connectivity index (χ0v) is 11.9. The summed E-state index contributed by atoms with van der Waals surface area (Å²) < 4.78 is 5.21. The lowest BCUT2D eigenvalue weighted by atomic mass is 10.1. The molecule has 0 fully saturated rings. The molecule has 0 unspecified atom stereocenters. The molecule has 3 aromatic rings. The van der Waals surface area contributed by atoms with Gasteiger partial charge in [0.2, 0.25) is 5.82 Å². The monoisotopic (exact) mass is 288 g/mol. The minimum absolute atomic E-state index is 0.204. The van der Waals surface area contributed by atoms with Crippen molar-refractivity contribution < 1.29 is 4.52 Å². The van der Waals surface area contributed by atoms with Crippen molar-refractivity contribution in [2.75, 3.05) is 0 Å². The quantitative estimate of drug-likeness (QED) is 0.689. The Kier molecular flexibility index (Phi) is 3.75. The number of rotatable bonds is 3. The van der Waals surface area contributed by atoms with E-state index in [9.17, 15) is 5.26 Å². The average molecular weight is 288 g/mol. The SMILES string of the molecule is Cc1ccc(-c2noc(/C(C#N)=C/c3ccncc3)n2)cc1. The number of aryl methyl sites for hydroxylation is 1. The van der Waals surface area contributed by atoms with Gasteiger partial charge in [-0.1, -0.05) is 35.0 Å². The minimum atomic E-state index is 0.204. The van der Waals surface area contributed by atoms with Crippen LogP contribution in [0.15, 0.2) is 53.3 Å². The van der Waals surface area contributed by atoms with Crippen LogP contribution in [0, 0.1) is 18.3 Å². The second kappa shape index (κ2) is 6.02. The predicted octanol–water partition coefficient (Wildman–Crippen LogP) is 3.50. The summed E-state index contributed by atoms with van der Waals surface area (Å²) in [6, 6.07) is 13.5. The first-order valence-corrected chi connectivity index (χ1v) is 6.69. The van der Waals surface area contributed by atoms with Gasteiger partial charge in [-0.05, 0) is 30.7 Å². The maximum atomic E-state index is 9.30. The van der Waals surface area contributed by atoms with Crippen LogP contribution in [-0.2, 0) is 0 Å². The summed E-state index contributed by atoms with van der Waals surface area (Å²) in [5, 5.41) is 13.2. The Balaban J connectivity index is 1.94. The fourth-order valence-electron chi connectivity index (χ4n) is 1.92. The van der Waals surface area contributed by atoms with Gasteiger partial charge in [0.1, 0.15) is 11.6 Å². The van der Waals surface area contributed by atoms with Crippen molar-refractivity contribution in [1.82, 2.24) is 15.1 Å². The summed E-state index contributed by atoms with van der Waals surface area (Å²) in [5.41, 5.74) is 3.17. The van der Waals surface area contributed by atoms with Crippen LogP contribution in [-0.4, -0.2) is 15.1 Å². The fraction of sp³-hybridized carbons (Fsp3) is 0.0588. The summed E-state index contributed by atoms with van der Waals surface area (Å²) in [7, 11) is 0. The first-order valence-electron chi connectivity index (χ1n) is 6.69. The lowest BCUT2D eigenvalue weighted by Crippen LogP contribution is -1.84. The number of nitrogens with zero attached hydrogens (tertiary/aromatic N) is 4. The molecule has 0 aliphatic heterocycles. The Morgan fingerprint density at radius 2 is 1.86 bits per heavy atom. The van der Waals surface area contributed by atoms with E-state index < -0.39 is 0 Å². The second-order valence-electron chi connectivity index (χ2n) is 4.74. The standard InChI is InChI=1S/C17H12N4O/c1-12-2-4-14(5-3-12)16-20-17(22-21-16)15(11-18)10-13-6-8-19-9-7-13/h2-10H,1H3/b15-10+. The van der Waals surface area contributed by atoms with Gasteiger partial charge in [0.15, 0.2) is 0 Å². The highest BCUT2D eigenvalue weighted by Crippen LogP contribution is 2.21. The lowest BCUT2D eigenvalue weighted by Gasteiger charge is -1.94. The highest BCUT2D eigenvalue weighted by Gasteiger charge is 2.12. The highest BCUT2D eigenvalue weighted by molar-refractivity contribution is 5.86. The summed E-state index contributed by atoms with van der Waals surface area (Å²) in [5.74, 6) is 0.667. The zero-order valence-electron chi connectivity index (χ0n) is 11.9. The molecule has 0 bridgehead atoms. The molecule has 0 aliphatic carbocycles. The number of nitriles is 1. The smallest absolute Gasteiger partial charge is 0.268 e. The third-order valence-electron chi connectivity index (χ3n) is 3.10. The predicted molar refractivity (Wildman–Crippen MR) is 82.2 cm³/mol. The van der Waals surface area contributed by atoms with Crippen LogP contribution in [0.4, 0.5) is 0 Å². The first-order chi connectivity index (χ1) is 10.8. The molecule has 1 aromatic carbocycles. The van der Waals surface area contributed by atoms with Crippen molar-refractivity contribution in [2.45, 2.75) is 6.92 Å². The van der Waals surface area contributed by atoms with Crippen molar-refractivity contribution >= 4 is 11.6 Å². The van der Waals surface area contributed by atoms with Gasteiger partial charge in [0, 0.05) is 18.0 Å². The van der Waals surface area contributed by atoms with Gasteiger partial charge in [-0.15, -0.1) is 0 Å². The molecule has 5 heteroatoms. The maximum absolute atomic E-state index is 9.30. The van der Waals surface area contributed by atoms with Crippen molar-refractivity contribution in [3.05, 3.63) is 65.8 Å². The molecule has 22 heavy (non-hydrogen) atoms. The van der Waals surface area contributed by atoms with Crippen LogP contribution >= 0.6 is 0 Å². The van der Waals surface area contributed by atoms with Crippen molar-refractivity contribution in [1.29, 1.82) is 5.26 Å². The summed E-state index contributed by atoms with van der Waals surface area (Å²) >= 11 is 0. The molecular formula is C17H12N4O. The normalized spacial score (nSPS) is 11.2. The van der Waals surface area contributed by atoms with E-state index in [0.29, 0.717) is 11.4 Å². The number of hydrogen-bond donors (Lipinski definition) is 0. The highest BCUT2D eigenvalue weighted by atomic mass is 16.5. The molecule has 0 N–H and O–H groups in total.